The van der Waals surface area contributed by atoms with Crippen molar-refractivity contribution in [3.63, 3.8) is 0 Å². The first-order valence-electron chi connectivity index (χ1n) is 9.23. The summed E-state index contributed by atoms with van der Waals surface area (Å²) in [5.74, 6) is -0.252. The largest absolute Gasteiger partial charge is 0.342 e. The van der Waals surface area contributed by atoms with Crippen molar-refractivity contribution >= 4 is 17.5 Å². The maximum atomic E-state index is 12.7. The highest BCUT2D eigenvalue weighted by Gasteiger charge is 2.15. The topological polar surface area (TPSA) is 49.4 Å². The summed E-state index contributed by atoms with van der Waals surface area (Å²) in [5, 5.41) is 3.01. The van der Waals surface area contributed by atoms with Gasteiger partial charge >= 0.3 is 0 Å². The molecule has 0 aromatic heterocycles. The van der Waals surface area contributed by atoms with Crippen LogP contribution in [0, 0.1) is 6.92 Å². The molecule has 4 heteroatoms. The first-order valence-corrected chi connectivity index (χ1v) is 9.23. The van der Waals surface area contributed by atoms with Gasteiger partial charge in [0.05, 0.1) is 0 Å². The Morgan fingerprint density at radius 2 is 1.73 bits per heavy atom. The van der Waals surface area contributed by atoms with E-state index < -0.39 is 0 Å². The highest BCUT2D eigenvalue weighted by molar-refractivity contribution is 6.06. The van der Waals surface area contributed by atoms with Gasteiger partial charge < -0.3 is 10.2 Å². The number of unbranched alkanes of at least 4 members (excludes halogenated alkanes) is 1. The molecule has 4 nitrogen and oxygen atoms in total. The lowest BCUT2D eigenvalue weighted by molar-refractivity contribution is 0.0793. The number of carbonyl (C=O) groups excluding carboxylic acids is 2. The maximum Gasteiger partial charge on any atom is 0.255 e. The Morgan fingerprint density at radius 1 is 1.04 bits per heavy atom. The molecule has 0 radical (unpaired) electrons. The molecule has 2 aromatic rings. The van der Waals surface area contributed by atoms with Crippen molar-refractivity contribution in [1.82, 2.24) is 4.90 Å². The lowest BCUT2D eigenvalue weighted by Crippen LogP contribution is -2.28. The number of rotatable bonds is 7. The van der Waals surface area contributed by atoms with Crippen molar-refractivity contribution in [2.75, 3.05) is 18.9 Å². The fraction of sp³-hybridized carbons (Fsp3) is 0.364. The van der Waals surface area contributed by atoms with Crippen LogP contribution in [0.1, 0.15) is 58.5 Å². The maximum absolute atomic E-state index is 12.7. The average molecular weight is 352 g/mol. The van der Waals surface area contributed by atoms with Crippen LogP contribution >= 0.6 is 0 Å². The summed E-state index contributed by atoms with van der Waals surface area (Å²) >= 11 is 0. The van der Waals surface area contributed by atoms with Crippen LogP contribution < -0.4 is 5.32 Å². The van der Waals surface area contributed by atoms with E-state index in [1.165, 1.54) is 0 Å². The molecule has 0 aliphatic carbocycles. The molecule has 0 bridgehead atoms. The van der Waals surface area contributed by atoms with Crippen LogP contribution in [0.2, 0.25) is 0 Å². The molecule has 1 N–H and O–H groups in total. The third kappa shape index (κ3) is 4.72. The molecule has 0 saturated carbocycles. The smallest absolute Gasteiger partial charge is 0.255 e. The molecule has 0 unspecified atom stereocenters. The predicted octanol–water partition coefficient (Wildman–Crippen LogP) is 4.68. The Hall–Kier alpha value is -2.62. The lowest BCUT2D eigenvalue weighted by Gasteiger charge is -2.17. The highest BCUT2D eigenvalue weighted by atomic mass is 16.2. The van der Waals surface area contributed by atoms with Crippen molar-refractivity contribution in [3.8, 4) is 0 Å². The third-order valence-electron chi connectivity index (χ3n) is 4.54. The molecule has 0 aliphatic heterocycles. The standard InChI is InChI=1S/C22H28N2O2/c1-5-7-14-24(4)22(26)19-13-9-12-18(15-19)21(25)23-20-16(3)10-8-11-17(20)6-2/h8-13,15H,5-7,14H2,1-4H3,(H,23,25). The zero-order chi connectivity index (χ0) is 19.1. The normalized spacial score (nSPS) is 10.5. The average Bonchev–Trinajstić information content (AvgIpc) is 2.67. The van der Waals surface area contributed by atoms with E-state index in [0.717, 1.165) is 42.6 Å². The van der Waals surface area contributed by atoms with E-state index in [9.17, 15) is 9.59 Å². The Labute approximate surface area is 156 Å². The summed E-state index contributed by atoms with van der Waals surface area (Å²) in [6.07, 6.45) is 2.85. The quantitative estimate of drug-likeness (QED) is 0.786. The minimum absolute atomic E-state index is 0.0572. The number of aryl methyl sites for hydroxylation is 2. The van der Waals surface area contributed by atoms with Crippen molar-refractivity contribution in [2.45, 2.75) is 40.0 Å². The summed E-state index contributed by atoms with van der Waals surface area (Å²) in [6, 6.07) is 12.9. The minimum Gasteiger partial charge on any atom is -0.342 e. The monoisotopic (exact) mass is 352 g/mol. The van der Waals surface area contributed by atoms with E-state index in [0.29, 0.717) is 11.1 Å². The van der Waals surface area contributed by atoms with Gasteiger partial charge in [0.1, 0.15) is 0 Å². The highest BCUT2D eigenvalue weighted by Crippen LogP contribution is 2.22. The number of carbonyl (C=O) groups is 2. The minimum atomic E-state index is -0.195. The molecule has 2 rings (SSSR count). The Bertz CT molecular complexity index is 783. The number of nitrogens with one attached hydrogen (secondary N) is 1. The van der Waals surface area contributed by atoms with Gasteiger partial charge in [-0.3, -0.25) is 9.59 Å². The Balaban J connectivity index is 2.20. The molecule has 0 aliphatic rings. The van der Waals surface area contributed by atoms with E-state index in [-0.39, 0.29) is 11.8 Å². The summed E-state index contributed by atoms with van der Waals surface area (Å²) in [5.41, 5.74) is 4.02. The fourth-order valence-electron chi connectivity index (χ4n) is 2.90. The number of benzene rings is 2. The van der Waals surface area contributed by atoms with E-state index in [1.807, 2.05) is 25.1 Å². The van der Waals surface area contributed by atoms with Crippen LogP contribution in [0.4, 0.5) is 5.69 Å². The molecule has 0 atom stereocenters. The van der Waals surface area contributed by atoms with Gasteiger partial charge in [-0.05, 0) is 49.1 Å². The summed E-state index contributed by atoms with van der Waals surface area (Å²) in [6.45, 7) is 6.86. The number of amides is 2. The second-order valence-corrected chi connectivity index (χ2v) is 6.58. The third-order valence-corrected chi connectivity index (χ3v) is 4.54. The van der Waals surface area contributed by atoms with E-state index in [4.69, 9.17) is 0 Å². The van der Waals surface area contributed by atoms with Crippen LogP contribution in [0.3, 0.4) is 0 Å². The molecule has 138 valence electrons. The van der Waals surface area contributed by atoms with Gasteiger partial charge in [-0.2, -0.15) is 0 Å². The lowest BCUT2D eigenvalue weighted by atomic mass is 10.0. The summed E-state index contributed by atoms with van der Waals surface area (Å²) in [4.78, 5) is 27.0. The molecule has 0 saturated heterocycles. The van der Waals surface area contributed by atoms with Gasteiger partial charge in [0.2, 0.25) is 0 Å². The SMILES string of the molecule is CCCCN(C)C(=O)c1cccc(C(=O)Nc2c(C)cccc2CC)c1. The number of para-hydroxylation sites is 1. The molecular weight excluding hydrogens is 324 g/mol. The second-order valence-electron chi connectivity index (χ2n) is 6.58. The Morgan fingerprint density at radius 3 is 2.42 bits per heavy atom. The molecule has 2 aromatic carbocycles. The van der Waals surface area contributed by atoms with Crippen LogP contribution in [0.15, 0.2) is 42.5 Å². The molecule has 0 spiro atoms. The van der Waals surface area contributed by atoms with Gasteiger partial charge in [0.25, 0.3) is 11.8 Å². The van der Waals surface area contributed by atoms with E-state index >= 15 is 0 Å². The number of hydrogen-bond donors (Lipinski definition) is 1. The molecule has 0 fully saturated rings. The first-order chi connectivity index (χ1) is 12.5. The molecule has 26 heavy (non-hydrogen) atoms. The van der Waals surface area contributed by atoms with Crippen molar-refractivity contribution in [2.24, 2.45) is 0 Å². The van der Waals surface area contributed by atoms with E-state index in [1.54, 1.807) is 36.2 Å². The molecule has 0 heterocycles. The van der Waals surface area contributed by atoms with Gasteiger partial charge in [0, 0.05) is 30.4 Å². The molecule has 2 amide bonds. The first kappa shape index (κ1) is 19.7. The number of hydrogen-bond acceptors (Lipinski definition) is 2. The van der Waals surface area contributed by atoms with Crippen LogP contribution in [-0.2, 0) is 6.42 Å². The summed E-state index contributed by atoms with van der Waals surface area (Å²) in [7, 11) is 1.80. The van der Waals surface area contributed by atoms with Crippen LogP contribution in [0.5, 0.6) is 0 Å². The molecular formula is C22H28N2O2. The Kier molecular flexibility index (Phi) is 6.96. The summed E-state index contributed by atoms with van der Waals surface area (Å²) < 4.78 is 0. The van der Waals surface area contributed by atoms with Crippen LogP contribution in [0.25, 0.3) is 0 Å². The second kappa shape index (κ2) is 9.18. The van der Waals surface area contributed by atoms with Crippen molar-refractivity contribution < 1.29 is 9.59 Å². The zero-order valence-corrected chi connectivity index (χ0v) is 16.1. The zero-order valence-electron chi connectivity index (χ0n) is 16.1. The number of nitrogens with zero attached hydrogens (tertiary/aromatic N) is 1. The fourth-order valence-corrected chi connectivity index (χ4v) is 2.90. The van der Waals surface area contributed by atoms with Gasteiger partial charge in [-0.15, -0.1) is 0 Å². The number of anilines is 1. The van der Waals surface area contributed by atoms with Gasteiger partial charge in [-0.1, -0.05) is 44.5 Å². The predicted molar refractivity (Wildman–Crippen MR) is 107 cm³/mol. The van der Waals surface area contributed by atoms with Crippen molar-refractivity contribution in [3.05, 3.63) is 64.7 Å². The van der Waals surface area contributed by atoms with Crippen LogP contribution in [-0.4, -0.2) is 30.3 Å². The van der Waals surface area contributed by atoms with Crippen molar-refractivity contribution in [1.29, 1.82) is 0 Å². The van der Waals surface area contributed by atoms with E-state index in [2.05, 4.69) is 19.2 Å². The van der Waals surface area contributed by atoms with Gasteiger partial charge in [0.15, 0.2) is 0 Å². The van der Waals surface area contributed by atoms with Gasteiger partial charge in [-0.25, -0.2) is 0 Å².